The molecule has 0 unspecified atom stereocenters. The van der Waals surface area contributed by atoms with Crippen LogP contribution >= 0.6 is 0 Å². The predicted molar refractivity (Wildman–Crippen MR) is 211 cm³/mol. The number of pyridine rings is 2. The highest BCUT2D eigenvalue weighted by Crippen LogP contribution is 2.45. The number of aryl methyl sites for hydroxylation is 3. The molecule has 5 heteroatoms. The topological polar surface area (TPSA) is 59.9 Å². The molecule has 0 aliphatic heterocycles. The van der Waals surface area contributed by atoms with Gasteiger partial charge >= 0.3 is 0 Å². The second kappa shape index (κ2) is 13.1. The van der Waals surface area contributed by atoms with Crippen LogP contribution in [0.2, 0.25) is 0 Å². The van der Waals surface area contributed by atoms with Gasteiger partial charge in [-0.25, -0.2) is 13.4 Å². The number of nitrogens with zero attached hydrogens (tertiary/aromatic N) is 2. The van der Waals surface area contributed by atoms with Crippen molar-refractivity contribution in [3.05, 3.63) is 174 Å². The second-order valence-corrected chi connectivity index (χ2v) is 14.9. The van der Waals surface area contributed by atoms with Crippen molar-refractivity contribution in [2.45, 2.75) is 37.0 Å². The van der Waals surface area contributed by atoms with E-state index in [0.29, 0.717) is 11.3 Å². The summed E-state index contributed by atoms with van der Waals surface area (Å²) in [5, 5.41) is 5.79. The minimum Gasteiger partial charge on any atom is -0.252 e. The number of hydrogen-bond donors (Lipinski definition) is 0. The molecule has 0 atom stereocenters. The number of para-hydroxylation sites is 1. The van der Waals surface area contributed by atoms with Crippen LogP contribution in [0.25, 0.3) is 61.0 Å². The first kappa shape index (κ1) is 32.3. The number of aromatic nitrogens is 2. The summed E-state index contributed by atoms with van der Waals surface area (Å²) < 4.78 is 26.3. The maximum absolute atomic E-state index is 13.2. The van der Waals surface area contributed by atoms with Crippen molar-refractivity contribution in [3.63, 3.8) is 0 Å². The Kier molecular flexibility index (Phi) is 8.29. The SMILES string of the molecule is Cc1nc(-c2ccccc2)c2c(C)c3c(c(-c4ccccc4)nc4ccccc43)c(C)c2c1/C=C\Cc1ccc(S(=O)(=O)c2ccccc2)cc1. The molecule has 6 aromatic carbocycles. The van der Waals surface area contributed by atoms with Crippen LogP contribution in [0.1, 0.15) is 27.9 Å². The minimum absolute atomic E-state index is 0.289. The number of sulfone groups is 1. The normalized spacial score (nSPS) is 12.0. The average molecular weight is 681 g/mol. The summed E-state index contributed by atoms with van der Waals surface area (Å²) in [6, 6.07) is 45.1. The zero-order valence-corrected chi connectivity index (χ0v) is 29.6. The monoisotopic (exact) mass is 680 g/mol. The maximum atomic E-state index is 13.2. The van der Waals surface area contributed by atoms with E-state index in [1.807, 2.05) is 30.3 Å². The zero-order chi connectivity index (χ0) is 35.1. The highest BCUT2D eigenvalue weighted by atomic mass is 32.2. The van der Waals surface area contributed by atoms with E-state index in [1.165, 1.54) is 21.9 Å². The van der Waals surface area contributed by atoms with Gasteiger partial charge in [0.1, 0.15) is 0 Å². The molecule has 2 aromatic heterocycles. The number of rotatable bonds is 7. The number of hydrogen-bond acceptors (Lipinski definition) is 4. The van der Waals surface area contributed by atoms with Crippen molar-refractivity contribution in [2.75, 3.05) is 0 Å². The molecule has 0 fully saturated rings. The second-order valence-electron chi connectivity index (χ2n) is 13.0. The molecule has 0 saturated carbocycles. The fraction of sp³-hybridized carbons (Fsp3) is 0.0870. The molecule has 51 heavy (non-hydrogen) atoms. The smallest absolute Gasteiger partial charge is 0.206 e. The Morgan fingerprint density at radius 1 is 0.529 bits per heavy atom. The lowest BCUT2D eigenvalue weighted by molar-refractivity contribution is 0.596. The summed E-state index contributed by atoms with van der Waals surface area (Å²) >= 11 is 0. The molecule has 0 aliphatic carbocycles. The van der Waals surface area contributed by atoms with Gasteiger partial charge < -0.3 is 0 Å². The largest absolute Gasteiger partial charge is 0.252 e. The Morgan fingerprint density at radius 2 is 1.04 bits per heavy atom. The van der Waals surface area contributed by atoms with E-state index in [9.17, 15) is 8.42 Å². The molecule has 2 heterocycles. The van der Waals surface area contributed by atoms with Crippen LogP contribution in [0, 0.1) is 20.8 Å². The third-order valence-corrected chi connectivity index (χ3v) is 11.6. The van der Waals surface area contributed by atoms with Gasteiger partial charge in [0.05, 0.1) is 26.7 Å². The van der Waals surface area contributed by atoms with E-state index in [4.69, 9.17) is 9.97 Å². The molecule has 0 bridgehead atoms. The molecule has 0 radical (unpaired) electrons. The third kappa shape index (κ3) is 5.70. The first-order valence-corrected chi connectivity index (χ1v) is 18.6. The van der Waals surface area contributed by atoms with Gasteiger partial charge in [-0.05, 0) is 85.0 Å². The molecular formula is C46H36N2O2S. The summed E-state index contributed by atoms with van der Waals surface area (Å²) in [7, 11) is -3.57. The number of allylic oxidation sites excluding steroid dienone is 1. The van der Waals surface area contributed by atoms with Crippen LogP contribution in [0.15, 0.2) is 155 Å². The lowest BCUT2D eigenvalue weighted by atomic mass is 9.85. The van der Waals surface area contributed by atoms with Crippen LogP contribution < -0.4 is 0 Å². The number of fused-ring (bicyclic) bond motifs is 4. The summed E-state index contributed by atoms with van der Waals surface area (Å²) in [6.07, 6.45) is 4.98. The van der Waals surface area contributed by atoms with Crippen molar-refractivity contribution < 1.29 is 8.42 Å². The highest BCUT2D eigenvalue weighted by Gasteiger charge is 2.23. The standard InChI is InChI=1S/C46H36N2O2S/c1-30-41-38(24-15-16-33-26-28-37(29-27-33)51(49,50)36-21-11-6-12-22-36)32(3)47-45(34-17-7-4-8-18-34)43(41)31(2)42-39-23-13-14-25-40(39)48-46(44(30)42)35-19-9-5-10-20-35/h4-15,17-29H,16H2,1-3H3/b24-15-. The van der Waals surface area contributed by atoms with Gasteiger partial charge in [-0.1, -0.05) is 121 Å². The van der Waals surface area contributed by atoms with E-state index in [1.54, 1.807) is 36.4 Å². The third-order valence-electron chi connectivity index (χ3n) is 9.84. The Labute approximate surface area is 298 Å². The van der Waals surface area contributed by atoms with Gasteiger partial charge in [-0.3, -0.25) is 4.98 Å². The fourth-order valence-electron chi connectivity index (χ4n) is 7.36. The quantitative estimate of drug-likeness (QED) is 0.124. The van der Waals surface area contributed by atoms with Crippen LogP contribution in [-0.2, 0) is 16.3 Å². The van der Waals surface area contributed by atoms with Gasteiger partial charge in [-0.2, -0.15) is 0 Å². The van der Waals surface area contributed by atoms with Crippen molar-refractivity contribution in [3.8, 4) is 22.5 Å². The summed E-state index contributed by atoms with van der Waals surface area (Å²) in [4.78, 5) is 11.2. The van der Waals surface area contributed by atoms with Crippen molar-refractivity contribution in [1.82, 2.24) is 9.97 Å². The fourth-order valence-corrected chi connectivity index (χ4v) is 8.64. The van der Waals surface area contributed by atoms with E-state index in [-0.39, 0.29) is 4.90 Å². The van der Waals surface area contributed by atoms with E-state index in [2.05, 4.69) is 106 Å². The lowest BCUT2D eigenvalue weighted by Gasteiger charge is -2.21. The molecule has 4 nitrogen and oxygen atoms in total. The Morgan fingerprint density at radius 3 is 1.69 bits per heavy atom. The Hall–Kier alpha value is -5.91. The highest BCUT2D eigenvalue weighted by molar-refractivity contribution is 7.91. The summed E-state index contributed by atoms with van der Waals surface area (Å²) in [5.74, 6) is 0. The van der Waals surface area contributed by atoms with Gasteiger partial charge in [0.25, 0.3) is 0 Å². The van der Waals surface area contributed by atoms with Gasteiger partial charge in [-0.15, -0.1) is 0 Å². The van der Waals surface area contributed by atoms with Crippen molar-refractivity contribution in [2.24, 2.45) is 0 Å². The van der Waals surface area contributed by atoms with Crippen LogP contribution in [0.3, 0.4) is 0 Å². The Bertz CT molecular complexity index is 2720. The molecule has 0 N–H and O–H groups in total. The van der Waals surface area contributed by atoms with Crippen LogP contribution in [0.5, 0.6) is 0 Å². The average Bonchev–Trinajstić information content (AvgIpc) is 3.17. The minimum atomic E-state index is -3.57. The van der Waals surface area contributed by atoms with Crippen LogP contribution in [-0.4, -0.2) is 18.4 Å². The van der Waals surface area contributed by atoms with E-state index >= 15 is 0 Å². The van der Waals surface area contributed by atoms with E-state index < -0.39 is 9.84 Å². The molecule has 8 rings (SSSR count). The molecule has 0 aliphatic rings. The molecule has 0 saturated heterocycles. The van der Waals surface area contributed by atoms with Crippen molar-refractivity contribution >= 4 is 48.4 Å². The lowest BCUT2D eigenvalue weighted by Crippen LogP contribution is -2.02. The molecule has 248 valence electrons. The zero-order valence-electron chi connectivity index (χ0n) is 28.8. The molecule has 0 spiro atoms. The van der Waals surface area contributed by atoms with Gasteiger partial charge in [0.15, 0.2) is 0 Å². The predicted octanol–water partition coefficient (Wildman–Crippen LogP) is 11.3. The molecule has 8 aromatic rings. The van der Waals surface area contributed by atoms with Crippen LogP contribution in [0.4, 0.5) is 0 Å². The van der Waals surface area contributed by atoms with Gasteiger partial charge in [0, 0.05) is 38.5 Å². The molecular weight excluding hydrogens is 645 g/mol. The summed E-state index contributed by atoms with van der Waals surface area (Å²) in [5.41, 5.74) is 10.5. The van der Waals surface area contributed by atoms with E-state index in [0.717, 1.165) is 61.0 Å². The number of benzene rings is 6. The first-order valence-electron chi connectivity index (χ1n) is 17.2. The van der Waals surface area contributed by atoms with Gasteiger partial charge in [0.2, 0.25) is 9.84 Å². The Balaban J connectivity index is 1.32. The first-order chi connectivity index (χ1) is 24.8. The summed E-state index contributed by atoms with van der Waals surface area (Å²) in [6.45, 7) is 6.54. The molecule has 0 amide bonds. The van der Waals surface area contributed by atoms with Crippen molar-refractivity contribution in [1.29, 1.82) is 0 Å². The maximum Gasteiger partial charge on any atom is 0.206 e.